The molecule has 3 aromatic carbocycles. The third kappa shape index (κ3) is 5.52. The summed E-state index contributed by atoms with van der Waals surface area (Å²) in [7, 11) is 0. The van der Waals surface area contributed by atoms with Crippen LogP contribution >= 0.6 is 11.8 Å². The SMILES string of the molecule is N#Cc1c(N)[nH+]c(SCC(=O)c2ccc(F)cc2)c(C#N)c1-c1ccc(OCc2ccccc2)cc1. The molecule has 0 saturated heterocycles. The Morgan fingerprint density at radius 3 is 2.25 bits per heavy atom. The number of Topliss-reactive ketones (excluding diaryl/α,β-unsaturated/α-hetero) is 1. The van der Waals surface area contributed by atoms with Crippen molar-refractivity contribution in [1.82, 2.24) is 0 Å². The largest absolute Gasteiger partial charge is 0.489 e. The monoisotopic (exact) mass is 495 g/mol. The predicted molar refractivity (Wildman–Crippen MR) is 135 cm³/mol. The Morgan fingerprint density at radius 1 is 0.944 bits per heavy atom. The topological polar surface area (TPSA) is 114 Å². The smallest absolute Gasteiger partial charge is 0.289 e. The molecule has 4 rings (SSSR count). The average Bonchev–Trinajstić information content (AvgIpc) is 2.91. The summed E-state index contributed by atoms with van der Waals surface area (Å²) >= 11 is 1.09. The Hall–Kier alpha value is -4.66. The quantitative estimate of drug-likeness (QED) is 0.266. The number of pyridine rings is 1. The van der Waals surface area contributed by atoms with Crippen LogP contribution in [0.15, 0.2) is 83.9 Å². The van der Waals surface area contributed by atoms with E-state index in [4.69, 9.17) is 10.5 Å². The van der Waals surface area contributed by atoms with E-state index < -0.39 is 5.82 Å². The molecule has 4 aromatic rings. The van der Waals surface area contributed by atoms with Gasteiger partial charge in [-0.25, -0.2) is 9.37 Å². The van der Waals surface area contributed by atoms with Gasteiger partial charge in [0.15, 0.2) is 10.8 Å². The van der Waals surface area contributed by atoms with E-state index in [0.717, 1.165) is 17.3 Å². The molecule has 0 radical (unpaired) electrons. The highest BCUT2D eigenvalue weighted by molar-refractivity contribution is 7.99. The third-order valence-electron chi connectivity index (χ3n) is 5.37. The molecule has 0 fully saturated rings. The molecule has 8 heteroatoms. The van der Waals surface area contributed by atoms with Crippen molar-refractivity contribution in [3.8, 4) is 29.0 Å². The number of benzene rings is 3. The van der Waals surface area contributed by atoms with Crippen LogP contribution in [0.25, 0.3) is 11.1 Å². The Labute approximate surface area is 211 Å². The fourth-order valence-corrected chi connectivity index (χ4v) is 4.47. The van der Waals surface area contributed by atoms with Gasteiger partial charge in [0.1, 0.15) is 41.4 Å². The number of hydrogen-bond acceptors (Lipinski definition) is 6. The number of rotatable bonds is 8. The van der Waals surface area contributed by atoms with E-state index in [9.17, 15) is 19.7 Å². The highest BCUT2D eigenvalue weighted by Gasteiger charge is 2.24. The molecule has 0 unspecified atom stereocenters. The van der Waals surface area contributed by atoms with E-state index >= 15 is 0 Å². The number of thioether (sulfide) groups is 1. The van der Waals surface area contributed by atoms with E-state index in [1.165, 1.54) is 24.3 Å². The lowest BCUT2D eigenvalue weighted by Gasteiger charge is -2.11. The van der Waals surface area contributed by atoms with E-state index in [1.54, 1.807) is 24.3 Å². The van der Waals surface area contributed by atoms with Gasteiger partial charge in [-0.1, -0.05) is 54.2 Å². The van der Waals surface area contributed by atoms with Crippen LogP contribution in [0.1, 0.15) is 27.0 Å². The molecule has 0 aliphatic rings. The first-order chi connectivity index (χ1) is 17.5. The van der Waals surface area contributed by atoms with Gasteiger partial charge in [-0.05, 0) is 47.5 Å². The molecule has 176 valence electrons. The average molecular weight is 496 g/mol. The Bertz CT molecular complexity index is 1480. The standard InChI is InChI=1S/C28H19FN4O2S/c29-21-10-6-19(7-11-21)25(34)17-36-28-24(15-31)26(23(14-30)27(32)33-28)20-8-12-22(13-9-20)35-16-18-4-2-1-3-5-18/h1-13H,16-17H2,(H2,32,33)/p+1. The van der Waals surface area contributed by atoms with Crippen molar-refractivity contribution in [2.75, 3.05) is 11.5 Å². The number of nitrogens with zero attached hydrogens (tertiary/aromatic N) is 2. The molecule has 0 amide bonds. The van der Waals surface area contributed by atoms with Gasteiger partial charge in [0.2, 0.25) is 0 Å². The molecule has 0 aliphatic heterocycles. The lowest BCUT2D eigenvalue weighted by Crippen LogP contribution is -2.19. The number of H-pyrrole nitrogens is 1. The van der Waals surface area contributed by atoms with Crippen LogP contribution in [0, 0.1) is 28.5 Å². The highest BCUT2D eigenvalue weighted by Crippen LogP contribution is 2.34. The molecular weight excluding hydrogens is 475 g/mol. The fourth-order valence-electron chi connectivity index (χ4n) is 3.56. The molecule has 0 spiro atoms. The van der Waals surface area contributed by atoms with E-state index in [2.05, 4.69) is 17.1 Å². The van der Waals surface area contributed by atoms with Gasteiger partial charge in [0, 0.05) is 11.1 Å². The van der Waals surface area contributed by atoms with Crippen molar-refractivity contribution in [2.45, 2.75) is 11.6 Å². The summed E-state index contributed by atoms with van der Waals surface area (Å²) in [5.74, 6) is 0.0533. The molecule has 1 aromatic heterocycles. The molecule has 36 heavy (non-hydrogen) atoms. The van der Waals surface area contributed by atoms with Crippen LogP contribution < -0.4 is 15.5 Å². The number of ketones is 1. The second-order valence-corrected chi connectivity index (χ2v) is 8.72. The zero-order valence-electron chi connectivity index (χ0n) is 19.0. The molecule has 1 heterocycles. The van der Waals surface area contributed by atoms with Crippen molar-refractivity contribution < 1.29 is 18.9 Å². The van der Waals surface area contributed by atoms with Crippen molar-refractivity contribution in [1.29, 1.82) is 10.5 Å². The fraction of sp³-hybridized carbons (Fsp3) is 0.0714. The summed E-state index contributed by atoms with van der Waals surface area (Å²) in [6.45, 7) is 0.406. The van der Waals surface area contributed by atoms with Gasteiger partial charge >= 0.3 is 0 Å². The second-order valence-electron chi connectivity index (χ2n) is 7.73. The summed E-state index contributed by atoms with van der Waals surface area (Å²) < 4.78 is 19.0. The predicted octanol–water partition coefficient (Wildman–Crippen LogP) is 5.19. The molecule has 3 N–H and O–H groups in total. The number of nitrogens with one attached hydrogen (secondary N) is 1. The van der Waals surface area contributed by atoms with Crippen molar-refractivity contribution in [3.05, 3.63) is 107 Å². The lowest BCUT2D eigenvalue weighted by molar-refractivity contribution is -0.410. The number of carbonyl (C=O) groups excluding carboxylic acids is 1. The number of nitrogen functional groups attached to an aromatic ring is 1. The summed E-state index contributed by atoms with van der Waals surface area (Å²) in [6, 6.07) is 26.3. The van der Waals surface area contributed by atoms with Crippen LogP contribution in [0.2, 0.25) is 0 Å². The Kier molecular flexibility index (Phi) is 7.60. The maximum absolute atomic E-state index is 13.2. The lowest BCUT2D eigenvalue weighted by atomic mass is 9.97. The highest BCUT2D eigenvalue weighted by atomic mass is 32.2. The Morgan fingerprint density at radius 2 is 1.61 bits per heavy atom. The van der Waals surface area contributed by atoms with Gasteiger partial charge in [0.25, 0.3) is 5.82 Å². The molecule has 0 atom stereocenters. The van der Waals surface area contributed by atoms with Crippen LogP contribution in [0.5, 0.6) is 5.75 Å². The van der Waals surface area contributed by atoms with Crippen LogP contribution in [0.3, 0.4) is 0 Å². The van der Waals surface area contributed by atoms with Crippen molar-refractivity contribution in [2.24, 2.45) is 0 Å². The third-order valence-corrected chi connectivity index (χ3v) is 6.37. The summed E-state index contributed by atoms with van der Waals surface area (Å²) in [5.41, 5.74) is 8.84. The van der Waals surface area contributed by atoms with Crippen LogP contribution in [-0.4, -0.2) is 11.5 Å². The summed E-state index contributed by atoms with van der Waals surface area (Å²) in [6.07, 6.45) is 0. The van der Waals surface area contributed by atoms with Crippen LogP contribution in [-0.2, 0) is 6.61 Å². The number of aromatic nitrogens is 1. The molecule has 0 saturated carbocycles. The minimum atomic E-state index is -0.430. The molecular formula is C28H20FN4O2S+. The minimum Gasteiger partial charge on any atom is -0.489 e. The number of carbonyl (C=O) groups is 1. The maximum atomic E-state index is 13.2. The number of halogens is 1. The van der Waals surface area contributed by atoms with E-state index in [-0.39, 0.29) is 28.5 Å². The molecule has 0 aliphatic carbocycles. The first kappa shape index (κ1) is 24.5. The van der Waals surface area contributed by atoms with Gasteiger partial charge in [-0.3, -0.25) is 10.5 Å². The van der Waals surface area contributed by atoms with Gasteiger partial charge in [0.05, 0.1) is 5.75 Å². The van der Waals surface area contributed by atoms with Gasteiger partial charge in [-0.15, -0.1) is 0 Å². The number of hydrogen-bond donors (Lipinski definition) is 1. The van der Waals surface area contributed by atoms with Gasteiger partial charge in [-0.2, -0.15) is 10.5 Å². The minimum absolute atomic E-state index is 0.00609. The van der Waals surface area contributed by atoms with E-state index in [1.807, 2.05) is 30.3 Å². The zero-order valence-corrected chi connectivity index (χ0v) is 19.8. The molecule has 6 nitrogen and oxygen atoms in total. The number of ether oxygens (including phenoxy) is 1. The summed E-state index contributed by atoms with van der Waals surface area (Å²) in [5, 5.41) is 20.1. The summed E-state index contributed by atoms with van der Waals surface area (Å²) in [4.78, 5) is 15.4. The first-order valence-electron chi connectivity index (χ1n) is 10.9. The number of anilines is 1. The van der Waals surface area contributed by atoms with E-state index in [0.29, 0.717) is 34.1 Å². The normalized spacial score (nSPS) is 10.3. The molecule has 0 bridgehead atoms. The zero-order chi connectivity index (χ0) is 25.5. The number of aromatic amines is 1. The van der Waals surface area contributed by atoms with Crippen molar-refractivity contribution >= 4 is 23.4 Å². The van der Waals surface area contributed by atoms with Crippen molar-refractivity contribution in [3.63, 3.8) is 0 Å². The maximum Gasteiger partial charge on any atom is 0.289 e. The second kappa shape index (κ2) is 11.2. The number of nitriles is 2. The van der Waals surface area contributed by atoms with Crippen LogP contribution in [0.4, 0.5) is 10.2 Å². The Balaban J connectivity index is 1.60. The number of nitrogens with two attached hydrogens (primary N) is 1. The first-order valence-corrected chi connectivity index (χ1v) is 11.9. The van der Waals surface area contributed by atoms with Gasteiger partial charge < -0.3 is 4.74 Å².